The quantitative estimate of drug-likeness (QED) is 0.666. The van der Waals surface area contributed by atoms with Gasteiger partial charge in [-0.05, 0) is 18.3 Å². The van der Waals surface area contributed by atoms with Crippen molar-refractivity contribution in [3.8, 4) is 0 Å². The molecule has 0 aliphatic rings. The molecule has 3 heteroatoms. The van der Waals surface area contributed by atoms with Crippen LogP contribution >= 0.6 is 0 Å². The van der Waals surface area contributed by atoms with Crippen molar-refractivity contribution in [3.63, 3.8) is 0 Å². The Kier molecular flexibility index (Phi) is 4.99. The minimum absolute atomic E-state index is 0.269. The summed E-state index contributed by atoms with van der Waals surface area (Å²) in [6.45, 7) is 6.50. The molecule has 0 amide bonds. The molecule has 13 heavy (non-hydrogen) atoms. The van der Waals surface area contributed by atoms with Gasteiger partial charge in [0.25, 0.3) is 0 Å². The molecule has 0 saturated carbocycles. The molecule has 0 aliphatic carbocycles. The van der Waals surface area contributed by atoms with Gasteiger partial charge in [0.2, 0.25) is 0 Å². The van der Waals surface area contributed by atoms with E-state index in [2.05, 4.69) is 25.5 Å². The Labute approximate surface area is 80.6 Å². The molecule has 0 heterocycles. The zero-order chi connectivity index (χ0) is 10.5. The van der Waals surface area contributed by atoms with Gasteiger partial charge in [0, 0.05) is 0 Å². The van der Waals surface area contributed by atoms with E-state index in [0.29, 0.717) is 6.42 Å². The van der Waals surface area contributed by atoms with Crippen LogP contribution < -0.4 is 5.73 Å². The van der Waals surface area contributed by atoms with E-state index in [1.54, 1.807) is 0 Å². The Bertz CT molecular complexity index is 166. The average molecular weight is 187 g/mol. The molecule has 0 aliphatic heterocycles. The number of rotatable bonds is 5. The van der Waals surface area contributed by atoms with Crippen LogP contribution in [0.25, 0.3) is 0 Å². The highest BCUT2D eigenvalue weighted by atomic mass is 16.5. The largest absolute Gasteiger partial charge is 0.468 e. The smallest absolute Gasteiger partial charge is 0.322 e. The van der Waals surface area contributed by atoms with Crippen molar-refractivity contribution in [3.05, 3.63) is 0 Å². The van der Waals surface area contributed by atoms with Gasteiger partial charge in [0.05, 0.1) is 7.11 Å². The summed E-state index contributed by atoms with van der Waals surface area (Å²) in [5.74, 6) is -0.313. The normalized spacial score (nSPS) is 13.9. The van der Waals surface area contributed by atoms with Crippen LogP contribution in [0.15, 0.2) is 0 Å². The van der Waals surface area contributed by atoms with Gasteiger partial charge in [0.1, 0.15) is 6.04 Å². The second-order valence-corrected chi connectivity index (χ2v) is 4.19. The van der Waals surface area contributed by atoms with Crippen LogP contribution in [0.1, 0.15) is 40.0 Å². The van der Waals surface area contributed by atoms with Crippen molar-refractivity contribution in [2.24, 2.45) is 11.1 Å². The van der Waals surface area contributed by atoms with Crippen LogP contribution in [-0.2, 0) is 9.53 Å². The second-order valence-electron chi connectivity index (χ2n) is 4.19. The van der Waals surface area contributed by atoms with Crippen molar-refractivity contribution < 1.29 is 9.53 Å². The zero-order valence-electron chi connectivity index (χ0n) is 9.09. The predicted octanol–water partition coefficient (Wildman–Crippen LogP) is 1.70. The molecule has 0 unspecified atom stereocenters. The Morgan fingerprint density at radius 2 is 2.08 bits per heavy atom. The van der Waals surface area contributed by atoms with Crippen LogP contribution in [0, 0.1) is 5.41 Å². The molecule has 0 saturated heterocycles. The highest BCUT2D eigenvalue weighted by molar-refractivity contribution is 5.75. The van der Waals surface area contributed by atoms with Crippen LogP contribution in [0.4, 0.5) is 0 Å². The first-order valence-electron chi connectivity index (χ1n) is 4.76. The maximum absolute atomic E-state index is 11.0. The molecule has 0 rings (SSSR count). The maximum Gasteiger partial charge on any atom is 0.322 e. The van der Waals surface area contributed by atoms with Gasteiger partial charge >= 0.3 is 5.97 Å². The van der Waals surface area contributed by atoms with Crippen molar-refractivity contribution in [2.75, 3.05) is 7.11 Å². The highest BCUT2D eigenvalue weighted by Crippen LogP contribution is 2.26. The van der Waals surface area contributed by atoms with Crippen molar-refractivity contribution in [1.29, 1.82) is 0 Å². The first-order valence-corrected chi connectivity index (χ1v) is 4.76. The van der Waals surface area contributed by atoms with Gasteiger partial charge in [0.15, 0.2) is 0 Å². The molecular weight excluding hydrogens is 166 g/mol. The predicted molar refractivity (Wildman–Crippen MR) is 53.3 cm³/mol. The molecule has 0 bridgehead atoms. The third-order valence-electron chi connectivity index (χ3n) is 2.59. The summed E-state index contributed by atoms with van der Waals surface area (Å²) >= 11 is 0. The average Bonchev–Trinajstić information content (AvgIpc) is 2.13. The van der Waals surface area contributed by atoms with Gasteiger partial charge in [-0.15, -0.1) is 0 Å². The number of hydrogen-bond acceptors (Lipinski definition) is 3. The van der Waals surface area contributed by atoms with Gasteiger partial charge in [-0.2, -0.15) is 0 Å². The Balaban J connectivity index is 3.82. The van der Waals surface area contributed by atoms with E-state index in [9.17, 15) is 4.79 Å². The molecule has 1 atom stereocenters. The standard InChI is InChI=1S/C10H21NO2/c1-5-10(2,3)7-6-8(11)9(12)13-4/h8H,5-7,11H2,1-4H3/t8-/m0/s1. The lowest BCUT2D eigenvalue weighted by Gasteiger charge is -2.23. The molecular formula is C10H21NO2. The van der Waals surface area contributed by atoms with E-state index in [0.717, 1.165) is 12.8 Å². The summed E-state index contributed by atoms with van der Waals surface area (Å²) in [6.07, 6.45) is 2.76. The van der Waals surface area contributed by atoms with E-state index in [4.69, 9.17) is 5.73 Å². The minimum atomic E-state index is -0.462. The Hall–Kier alpha value is -0.570. The van der Waals surface area contributed by atoms with Crippen molar-refractivity contribution >= 4 is 5.97 Å². The highest BCUT2D eigenvalue weighted by Gasteiger charge is 2.20. The minimum Gasteiger partial charge on any atom is -0.468 e. The third kappa shape index (κ3) is 4.88. The molecule has 0 aromatic carbocycles. The lowest BCUT2D eigenvalue weighted by atomic mass is 9.84. The SMILES string of the molecule is CCC(C)(C)CC[C@H](N)C(=O)OC. The number of methoxy groups -OCH3 is 1. The van der Waals surface area contributed by atoms with Gasteiger partial charge in [-0.25, -0.2) is 0 Å². The monoisotopic (exact) mass is 187 g/mol. The first kappa shape index (κ1) is 12.4. The zero-order valence-corrected chi connectivity index (χ0v) is 9.09. The van der Waals surface area contributed by atoms with Gasteiger partial charge in [-0.1, -0.05) is 27.2 Å². The van der Waals surface area contributed by atoms with Crippen molar-refractivity contribution in [1.82, 2.24) is 0 Å². The van der Waals surface area contributed by atoms with E-state index in [1.807, 2.05) is 0 Å². The van der Waals surface area contributed by atoms with Crippen LogP contribution in [-0.4, -0.2) is 19.1 Å². The van der Waals surface area contributed by atoms with E-state index >= 15 is 0 Å². The summed E-state index contributed by atoms with van der Waals surface area (Å²) in [5.41, 5.74) is 5.88. The fourth-order valence-electron chi connectivity index (χ4n) is 0.992. The molecule has 3 nitrogen and oxygen atoms in total. The molecule has 0 radical (unpaired) electrons. The van der Waals surface area contributed by atoms with E-state index in [-0.39, 0.29) is 11.4 Å². The number of nitrogens with two attached hydrogens (primary N) is 1. The van der Waals surface area contributed by atoms with Gasteiger partial charge in [-0.3, -0.25) is 4.79 Å². The van der Waals surface area contributed by atoms with Crippen LogP contribution in [0.5, 0.6) is 0 Å². The summed E-state index contributed by atoms with van der Waals surface area (Å²) < 4.78 is 4.55. The van der Waals surface area contributed by atoms with Crippen LogP contribution in [0.2, 0.25) is 0 Å². The first-order chi connectivity index (χ1) is 5.93. The number of ether oxygens (including phenoxy) is 1. The summed E-state index contributed by atoms with van der Waals surface area (Å²) in [5, 5.41) is 0. The molecule has 2 N–H and O–H groups in total. The number of carbonyl (C=O) groups excluding carboxylic acids is 1. The molecule has 0 spiro atoms. The summed E-state index contributed by atoms with van der Waals surface area (Å²) in [6, 6.07) is -0.462. The summed E-state index contributed by atoms with van der Waals surface area (Å²) in [4.78, 5) is 11.0. The Morgan fingerprint density at radius 1 is 1.54 bits per heavy atom. The lowest BCUT2D eigenvalue weighted by Crippen LogP contribution is -2.32. The number of carbonyl (C=O) groups is 1. The molecule has 0 aromatic rings. The molecule has 0 fully saturated rings. The summed E-state index contributed by atoms with van der Waals surface area (Å²) in [7, 11) is 1.37. The molecule has 78 valence electrons. The second kappa shape index (κ2) is 5.22. The lowest BCUT2D eigenvalue weighted by molar-refractivity contribution is -0.142. The fraction of sp³-hybridized carbons (Fsp3) is 0.900. The topological polar surface area (TPSA) is 52.3 Å². The number of esters is 1. The van der Waals surface area contributed by atoms with Crippen LogP contribution in [0.3, 0.4) is 0 Å². The third-order valence-corrected chi connectivity index (χ3v) is 2.59. The fourth-order valence-corrected chi connectivity index (χ4v) is 0.992. The Morgan fingerprint density at radius 3 is 2.46 bits per heavy atom. The van der Waals surface area contributed by atoms with Gasteiger partial charge < -0.3 is 10.5 Å². The number of hydrogen-bond donors (Lipinski definition) is 1. The van der Waals surface area contributed by atoms with E-state index in [1.165, 1.54) is 7.11 Å². The maximum atomic E-state index is 11.0. The van der Waals surface area contributed by atoms with E-state index < -0.39 is 6.04 Å². The van der Waals surface area contributed by atoms with Crippen molar-refractivity contribution in [2.45, 2.75) is 46.1 Å². The molecule has 0 aromatic heterocycles.